The SMILES string of the molecule is O=c1c(N2CCNCC2)nccn1CCOc1cccc(Cl)c1Cl. The number of benzene rings is 1. The molecule has 6 nitrogen and oxygen atoms in total. The van der Waals surface area contributed by atoms with E-state index in [1.54, 1.807) is 35.2 Å². The van der Waals surface area contributed by atoms with E-state index in [9.17, 15) is 4.79 Å². The first-order chi connectivity index (χ1) is 11.7. The van der Waals surface area contributed by atoms with Gasteiger partial charge in [-0.2, -0.15) is 0 Å². The second-order valence-corrected chi connectivity index (χ2v) is 6.17. The fraction of sp³-hybridized carbons (Fsp3) is 0.375. The molecule has 0 bridgehead atoms. The van der Waals surface area contributed by atoms with Crippen molar-refractivity contribution in [3.63, 3.8) is 0 Å². The minimum atomic E-state index is -0.111. The lowest BCUT2D eigenvalue weighted by Crippen LogP contribution is -2.46. The summed E-state index contributed by atoms with van der Waals surface area (Å²) < 4.78 is 7.24. The van der Waals surface area contributed by atoms with Crippen molar-refractivity contribution in [2.24, 2.45) is 0 Å². The minimum absolute atomic E-state index is 0.111. The van der Waals surface area contributed by atoms with Crippen LogP contribution in [0, 0.1) is 0 Å². The van der Waals surface area contributed by atoms with Crippen molar-refractivity contribution in [3.05, 3.63) is 51.0 Å². The van der Waals surface area contributed by atoms with Gasteiger partial charge in [-0.25, -0.2) is 4.98 Å². The molecule has 1 aromatic carbocycles. The van der Waals surface area contributed by atoms with Crippen molar-refractivity contribution < 1.29 is 4.74 Å². The highest BCUT2D eigenvalue weighted by molar-refractivity contribution is 6.42. The quantitative estimate of drug-likeness (QED) is 0.874. The van der Waals surface area contributed by atoms with E-state index in [0.717, 1.165) is 26.2 Å². The first kappa shape index (κ1) is 17.1. The summed E-state index contributed by atoms with van der Waals surface area (Å²) in [6.45, 7) is 3.98. The maximum absolute atomic E-state index is 12.6. The van der Waals surface area contributed by atoms with Crippen molar-refractivity contribution >= 4 is 29.0 Å². The Morgan fingerprint density at radius 1 is 1.25 bits per heavy atom. The number of rotatable bonds is 5. The van der Waals surface area contributed by atoms with Crippen LogP contribution >= 0.6 is 23.2 Å². The molecule has 0 radical (unpaired) electrons. The second kappa shape index (κ2) is 7.88. The molecule has 0 spiro atoms. The molecule has 0 unspecified atom stereocenters. The van der Waals surface area contributed by atoms with Gasteiger partial charge >= 0.3 is 0 Å². The maximum atomic E-state index is 12.6. The van der Waals surface area contributed by atoms with E-state index in [0.29, 0.717) is 34.8 Å². The van der Waals surface area contributed by atoms with Crippen LogP contribution in [0.25, 0.3) is 0 Å². The molecule has 1 aliphatic heterocycles. The number of hydrogen-bond acceptors (Lipinski definition) is 5. The van der Waals surface area contributed by atoms with Crippen LogP contribution in [-0.2, 0) is 6.54 Å². The van der Waals surface area contributed by atoms with Crippen LogP contribution in [0.3, 0.4) is 0 Å². The molecule has 0 aliphatic carbocycles. The molecule has 1 fully saturated rings. The van der Waals surface area contributed by atoms with Crippen LogP contribution in [0.2, 0.25) is 10.0 Å². The summed E-state index contributed by atoms with van der Waals surface area (Å²) in [7, 11) is 0. The van der Waals surface area contributed by atoms with Crippen LogP contribution < -0.4 is 20.5 Å². The molecule has 2 aromatic rings. The van der Waals surface area contributed by atoms with Crippen LogP contribution in [0.4, 0.5) is 5.82 Å². The summed E-state index contributed by atoms with van der Waals surface area (Å²) in [6, 6.07) is 5.21. The van der Waals surface area contributed by atoms with Gasteiger partial charge in [0.15, 0.2) is 5.82 Å². The first-order valence-corrected chi connectivity index (χ1v) is 8.50. The van der Waals surface area contributed by atoms with Crippen molar-refractivity contribution in [2.75, 3.05) is 37.7 Å². The number of aromatic nitrogens is 2. The third-order valence-corrected chi connectivity index (χ3v) is 4.62. The summed E-state index contributed by atoms with van der Waals surface area (Å²) in [5.74, 6) is 0.994. The van der Waals surface area contributed by atoms with Gasteiger partial charge in [0.1, 0.15) is 17.4 Å². The van der Waals surface area contributed by atoms with Gasteiger partial charge in [0, 0.05) is 38.6 Å². The Labute approximate surface area is 150 Å². The number of piperazine rings is 1. The number of nitrogens with zero attached hydrogens (tertiary/aromatic N) is 3. The number of halogens is 2. The smallest absolute Gasteiger partial charge is 0.293 e. The Morgan fingerprint density at radius 2 is 2.04 bits per heavy atom. The highest BCUT2D eigenvalue weighted by Crippen LogP contribution is 2.31. The van der Waals surface area contributed by atoms with Gasteiger partial charge in [-0.1, -0.05) is 29.3 Å². The molecular weight excluding hydrogens is 351 g/mol. The molecule has 1 aliphatic rings. The van der Waals surface area contributed by atoms with E-state index in [1.807, 2.05) is 4.90 Å². The monoisotopic (exact) mass is 368 g/mol. The topological polar surface area (TPSA) is 59.4 Å². The van der Waals surface area contributed by atoms with Gasteiger partial charge in [0.2, 0.25) is 0 Å². The van der Waals surface area contributed by atoms with Gasteiger partial charge in [-0.05, 0) is 12.1 Å². The molecule has 3 rings (SSSR count). The third-order valence-electron chi connectivity index (χ3n) is 3.82. The minimum Gasteiger partial charge on any atom is -0.490 e. The van der Waals surface area contributed by atoms with Crippen LogP contribution in [-0.4, -0.2) is 42.3 Å². The molecule has 1 aromatic heterocycles. The fourth-order valence-corrected chi connectivity index (χ4v) is 2.90. The maximum Gasteiger partial charge on any atom is 0.293 e. The largest absolute Gasteiger partial charge is 0.490 e. The zero-order chi connectivity index (χ0) is 16.9. The number of hydrogen-bond donors (Lipinski definition) is 1. The summed E-state index contributed by atoms with van der Waals surface area (Å²) in [4.78, 5) is 18.8. The van der Waals surface area contributed by atoms with E-state index in [4.69, 9.17) is 27.9 Å². The molecule has 2 heterocycles. The Hall–Kier alpha value is -1.76. The highest BCUT2D eigenvalue weighted by atomic mass is 35.5. The predicted molar refractivity (Wildman–Crippen MR) is 95.5 cm³/mol. The van der Waals surface area contributed by atoms with Gasteiger partial charge in [0.05, 0.1) is 11.6 Å². The van der Waals surface area contributed by atoms with E-state index < -0.39 is 0 Å². The third kappa shape index (κ3) is 3.83. The van der Waals surface area contributed by atoms with Crippen LogP contribution in [0.5, 0.6) is 5.75 Å². The van der Waals surface area contributed by atoms with Gasteiger partial charge in [-0.3, -0.25) is 4.79 Å². The second-order valence-electron chi connectivity index (χ2n) is 5.39. The predicted octanol–water partition coefficient (Wildman–Crippen LogP) is 2.04. The molecule has 1 N–H and O–H groups in total. The molecule has 0 saturated carbocycles. The average molecular weight is 369 g/mol. The lowest BCUT2D eigenvalue weighted by molar-refractivity contribution is 0.296. The highest BCUT2D eigenvalue weighted by Gasteiger charge is 2.16. The molecule has 1 saturated heterocycles. The Morgan fingerprint density at radius 3 is 2.83 bits per heavy atom. The Balaban J connectivity index is 1.67. The fourth-order valence-electron chi connectivity index (χ4n) is 2.55. The van der Waals surface area contributed by atoms with Crippen molar-refractivity contribution in [2.45, 2.75) is 6.54 Å². The zero-order valence-electron chi connectivity index (χ0n) is 13.0. The molecule has 8 heteroatoms. The Kier molecular flexibility index (Phi) is 5.60. The zero-order valence-corrected chi connectivity index (χ0v) is 14.6. The van der Waals surface area contributed by atoms with E-state index >= 15 is 0 Å². The van der Waals surface area contributed by atoms with Crippen molar-refractivity contribution in [1.82, 2.24) is 14.9 Å². The lowest BCUT2D eigenvalue weighted by Gasteiger charge is -2.27. The van der Waals surface area contributed by atoms with Crippen molar-refractivity contribution in [1.29, 1.82) is 0 Å². The van der Waals surface area contributed by atoms with Gasteiger partial charge in [-0.15, -0.1) is 0 Å². The van der Waals surface area contributed by atoms with E-state index in [1.165, 1.54) is 0 Å². The number of nitrogens with one attached hydrogen (secondary N) is 1. The number of anilines is 1. The van der Waals surface area contributed by atoms with E-state index in [-0.39, 0.29) is 5.56 Å². The van der Waals surface area contributed by atoms with Crippen LogP contribution in [0.15, 0.2) is 35.4 Å². The number of ether oxygens (including phenoxy) is 1. The average Bonchev–Trinajstić information content (AvgIpc) is 2.61. The molecule has 0 amide bonds. The summed E-state index contributed by atoms with van der Waals surface area (Å²) >= 11 is 12.0. The first-order valence-electron chi connectivity index (χ1n) is 7.75. The lowest BCUT2D eigenvalue weighted by atomic mass is 10.3. The van der Waals surface area contributed by atoms with E-state index in [2.05, 4.69) is 10.3 Å². The van der Waals surface area contributed by atoms with Gasteiger partial charge in [0.25, 0.3) is 5.56 Å². The van der Waals surface area contributed by atoms with Gasteiger partial charge < -0.3 is 19.5 Å². The Bertz CT molecular complexity index is 760. The summed E-state index contributed by atoms with van der Waals surface area (Å²) in [5, 5.41) is 4.08. The molecule has 0 atom stereocenters. The summed E-state index contributed by atoms with van der Waals surface area (Å²) in [5.41, 5.74) is -0.111. The molecular formula is C16H18Cl2N4O2. The normalized spacial score (nSPS) is 14.7. The van der Waals surface area contributed by atoms with Crippen molar-refractivity contribution in [3.8, 4) is 5.75 Å². The standard InChI is InChI=1S/C16H18Cl2N4O2/c17-12-2-1-3-13(14(12)18)24-11-10-22-9-6-20-15(16(22)23)21-7-4-19-5-8-21/h1-3,6,9,19H,4-5,7-8,10-11H2. The van der Waals surface area contributed by atoms with Crippen LogP contribution in [0.1, 0.15) is 0 Å². The molecule has 128 valence electrons. The summed E-state index contributed by atoms with van der Waals surface area (Å²) in [6.07, 6.45) is 3.31. The molecule has 24 heavy (non-hydrogen) atoms.